The molecule has 2 aliphatic rings. The number of aliphatic hydroxyl groups is 1. The average molecular weight is 154 g/mol. The number of aliphatic hydroxyl groups excluding tert-OH is 1. The quantitative estimate of drug-likeness (QED) is 0.401. The monoisotopic (exact) mass is 154 g/mol. The van der Waals surface area contributed by atoms with Crippen LogP contribution in [-0.4, -0.2) is 23.3 Å². The molecular formula is C8H10O3. The maximum Gasteiger partial charge on any atom is 0.334 e. The summed E-state index contributed by atoms with van der Waals surface area (Å²) in [5, 5.41) is 9.39. The van der Waals surface area contributed by atoms with Crippen molar-refractivity contribution in [2.75, 3.05) is 0 Å². The van der Waals surface area contributed by atoms with Gasteiger partial charge in [-0.2, -0.15) is 0 Å². The zero-order valence-corrected chi connectivity index (χ0v) is 6.12. The summed E-state index contributed by atoms with van der Waals surface area (Å²) in [4.78, 5) is 10.9. The van der Waals surface area contributed by atoms with E-state index in [1.54, 1.807) is 0 Å². The van der Waals surface area contributed by atoms with Crippen LogP contribution in [0.1, 0.15) is 12.8 Å². The third kappa shape index (κ3) is 0.807. The minimum Gasteiger partial charge on any atom is -0.458 e. The van der Waals surface area contributed by atoms with Gasteiger partial charge in [0.1, 0.15) is 6.10 Å². The predicted octanol–water partition coefficient (Wildman–Crippen LogP) is 0.239. The summed E-state index contributed by atoms with van der Waals surface area (Å²) >= 11 is 0. The van der Waals surface area contributed by atoms with E-state index in [1.807, 2.05) is 0 Å². The second-order valence-electron chi connectivity index (χ2n) is 3.14. The van der Waals surface area contributed by atoms with Crippen LogP contribution in [0.15, 0.2) is 12.2 Å². The van der Waals surface area contributed by atoms with Gasteiger partial charge in [0.25, 0.3) is 0 Å². The van der Waals surface area contributed by atoms with Crippen molar-refractivity contribution in [3.05, 3.63) is 12.2 Å². The van der Waals surface area contributed by atoms with Gasteiger partial charge in [0, 0.05) is 5.57 Å². The van der Waals surface area contributed by atoms with Gasteiger partial charge in [0.15, 0.2) is 0 Å². The van der Waals surface area contributed by atoms with Crippen LogP contribution < -0.4 is 0 Å². The number of ether oxygens (including phenoxy) is 1. The number of carbonyl (C=O) groups excluding carboxylic acids is 1. The van der Waals surface area contributed by atoms with Crippen LogP contribution in [0.25, 0.3) is 0 Å². The summed E-state index contributed by atoms with van der Waals surface area (Å²) in [6, 6.07) is 0. The Kier molecular flexibility index (Phi) is 1.29. The highest BCUT2D eigenvalue weighted by molar-refractivity contribution is 5.91. The first kappa shape index (κ1) is 6.85. The van der Waals surface area contributed by atoms with Crippen molar-refractivity contribution < 1.29 is 14.6 Å². The van der Waals surface area contributed by atoms with Gasteiger partial charge in [-0.25, -0.2) is 4.79 Å². The molecule has 1 saturated heterocycles. The van der Waals surface area contributed by atoms with Gasteiger partial charge < -0.3 is 9.84 Å². The van der Waals surface area contributed by atoms with Crippen molar-refractivity contribution in [2.24, 2.45) is 5.92 Å². The van der Waals surface area contributed by atoms with E-state index < -0.39 is 6.10 Å². The number of carbonyl (C=O) groups is 1. The van der Waals surface area contributed by atoms with Crippen molar-refractivity contribution in [1.82, 2.24) is 0 Å². The van der Waals surface area contributed by atoms with E-state index in [1.165, 1.54) is 0 Å². The summed E-state index contributed by atoms with van der Waals surface area (Å²) in [5.41, 5.74) is 0.444. The lowest BCUT2D eigenvalue weighted by Gasteiger charge is -2.09. The maximum atomic E-state index is 10.9. The molecule has 3 heteroatoms. The van der Waals surface area contributed by atoms with Crippen molar-refractivity contribution in [3.8, 4) is 0 Å². The number of fused-ring (bicyclic) bond motifs is 1. The van der Waals surface area contributed by atoms with Gasteiger partial charge in [-0.15, -0.1) is 0 Å². The van der Waals surface area contributed by atoms with E-state index in [0.717, 1.165) is 12.8 Å². The van der Waals surface area contributed by atoms with E-state index in [-0.39, 0.29) is 18.0 Å². The van der Waals surface area contributed by atoms with E-state index in [4.69, 9.17) is 4.74 Å². The van der Waals surface area contributed by atoms with Gasteiger partial charge in [-0.05, 0) is 12.8 Å². The van der Waals surface area contributed by atoms with E-state index in [2.05, 4.69) is 6.58 Å². The van der Waals surface area contributed by atoms with Gasteiger partial charge in [-0.1, -0.05) is 6.58 Å². The largest absolute Gasteiger partial charge is 0.458 e. The van der Waals surface area contributed by atoms with Crippen LogP contribution in [0.4, 0.5) is 0 Å². The first-order valence-corrected chi connectivity index (χ1v) is 3.78. The molecule has 2 rings (SSSR count). The highest BCUT2D eigenvalue weighted by atomic mass is 16.6. The maximum absolute atomic E-state index is 10.9. The molecule has 1 aliphatic heterocycles. The second kappa shape index (κ2) is 2.08. The molecule has 0 amide bonds. The first-order chi connectivity index (χ1) is 5.20. The standard InChI is InChI=1S/C8H10O3/c1-4-7-5(9)2-3-6(7)11-8(4)10/h5-7,9H,1-3H2/t5-,6+,7+/m1/s1. The summed E-state index contributed by atoms with van der Waals surface area (Å²) in [5.74, 6) is -0.457. The average Bonchev–Trinajstić information content (AvgIpc) is 2.41. The van der Waals surface area contributed by atoms with E-state index in [9.17, 15) is 9.90 Å². The van der Waals surface area contributed by atoms with Gasteiger partial charge in [-0.3, -0.25) is 0 Å². The molecule has 0 radical (unpaired) electrons. The minimum absolute atomic E-state index is 0.0926. The predicted molar refractivity (Wildman–Crippen MR) is 37.8 cm³/mol. The number of hydrogen-bond acceptors (Lipinski definition) is 3. The van der Waals surface area contributed by atoms with Crippen LogP contribution in [0.2, 0.25) is 0 Å². The lowest BCUT2D eigenvalue weighted by molar-refractivity contribution is -0.138. The Labute approximate surface area is 64.7 Å². The molecule has 3 nitrogen and oxygen atoms in total. The third-order valence-electron chi connectivity index (χ3n) is 2.48. The van der Waals surface area contributed by atoms with Crippen molar-refractivity contribution in [2.45, 2.75) is 25.0 Å². The molecule has 60 valence electrons. The molecule has 1 saturated carbocycles. The van der Waals surface area contributed by atoms with E-state index in [0.29, 0.717) is 5.57 Å². The Morgan fingerprint density at radius 1 is 1.55 bits per heavy atom. The summed E-state index contributed by atoms with van der Waals surface area (Å²) < 4.78 is 4.97. The number of hydrogen-bond donors (Lipinski definition) is 1. The van der Waals surface area contributed by atoms with Crippen LogP contribution in [-0.2, 0) is 9.53 Å². The minimum atomic E-state index is -0.418. The van der Waals surface area contributed by atoms with Crippen LogP contribution in [0, 0.1) is 5.92 Å². The molecule has 11 heavy (non-hydrogen) atoms. The van der Waals surface area contributed by atoms with Crippen LogP contribution >= 0.6 is 0 Å². The molecule has 3 atom stereocenters. The zero-order chi connectivity index (χ0) is 8.01. The zero-order valence-electron chi connectivity index (χ0n) is 6.12. The Balaban J connectivity index is 2.26. The van der Waals surface area contributed by atoms with Crippen LogP contribution in [0.5, 0.6) is 0 Å². The molecule has 0 bridgehead atoms. The molecule has 1 N–H and O–H groups in total. The van der Waals surface area contributed by atoms with Crippen molar-refractivity contribution in [1.29, 1.82) is 0 Å². The lowest BCUT2D eigenvalue weighted by Crippen LogP contribution is -2.18. The van der Waals surface area contributed by atoms with E-state index >= 15 is 0 Å². The lowest BCUT2D eigenvalue weighted by atomic mass is 9.98. The fourth-order valence-corrected chi connectivity index (χ4v) is 1.88. The molecule has 0 unspecified atom stereocenters. The number of rotatable bonds is 0. The molecule has 1 heterocycles. The SMILES string of the molecule is C=C1C(=O)O[C@H]2CC[C@@H](O)[C@H]12. The molecule has 0 aromatic heterocycles. The molecule has 1 aliphatic carbocycles. The molecule has 0 spiro atoms. The molecule has 2 fully saturated rings. The Morgan fingerprint density at radius 3 is 2.91 bits per heavy atom. The number of esters is 1. The van der Waals surface area contributed by atoms with Gasteiger partial charge in [0.2, 0.25) is 0 Å². The third-order valence-corrected chi connectivity index (χ3v) is 2.48. The fourth-order valence-electron chi connectivity index (χ4n) is 1.88. The van der Waals surface area contributed by atoms with Crippen LogP contribution in [0.3, 0.4) is 0 Å². The smallest absolute Gasteiger partial charge is 0.334 e. The molecule has 0 aromatic carbocycles. The summed E-state index contributed by atoms with van der Waals surface area (Å²) in [7, 11) is 0. The first-order valence-electron chi connectivity index (χ1n) is 3.78. The summed E-state index contributed by atoms with van der Waals surface area (Å²) in [6.07, 6.45) is 0.988. The summed E-state index contributed by atoms with van der Waals surface area (Å²) in [6.45, 7) is 3.59. The molecular weight excluding hydrogens is 144 g/mol. The topological polar surface area (TPSA) is 46.5 Å². The van der Waals surface area contributed by atoms with Gasteiger partial charge in [0.05, 0.1) is 12.0 Å². The van der Waals surface area contributed by atoms with Crippen molar-refractivity contribution in [3.63, 3.8) is 0 Å². The normalized spacial score (nSPS) is 42.5. The highest BCUT2D eigenvalue weighted by Crippen LogP contribution is 2.39. The molecule has 0 aromatic rings. The second-order valence-corrected chi connectivity index (χ2v) is 3.14. The highest BCUT2D eigenvalue weighted by Gasteiger charge is 2.46. The Bertz CT molecular complexity index is 221. The Hall–Kier alpha value is -0.830. The van der Waals surface area contributed by atoms with Gasteiger partial charge >= 0.3 is 5.97 Å². The van der Waals surface area contributed by atoms with Crippen molar-refractivity contribution >= 4 is 5.97 Å². The Morgan fingerprint density at radius 2 is 2.27 bits per heavy atom. The fraction of sp³-hybridized carbons (Fsp3) is 0.625.